The predicted octanol–water partition coefficient (Wildman–Crippen LogP) is 4.01. The van der Waals surface area contributed by atoms with Gasteiger partial charge in [-0.25, -0.2) is 4.79 Å². The molecule has 2 aromatic carbocycles. The maximum Gasteiger partial charge on any atom is 0.328 e. The Hall–Kier alpha value is -4.48. The second-order valence-electron chi connectivity index (χ2n) is 9.97. The number of carbonyl (C=O) groups is 4. The molecule has 0 aromatic heterocycles. The standard InChI is InChI=1S/C33H46N2O10/c1-8-40-30(36)20-34(21-31(37)41-9-2)26-14-12-23(5)18-28(26)44-16-17-45-29-19-24(6)13-15-27(29)35(22-32(38)42-10-3)25(7)33(39)43-11-4/h12-15,18-19,25H,8-11,16-17,20-22H2,1-7H3. The summed E-state index contributed by atoms with van der Waals surface area (Å²) in [6, 6.07) is 10.1. The monoisotopic (exact) mass is 630 g/mol. The lowest BCUT2D eigenvalue weighted by atomic mass is 10.1. The molecule has 2 aromatic rings. The van der Waals surface area contributed by atoms with E-state index >= 15 is 0 Å². The van der Waals surface area contributed by atoms with E-state index < -0.39 is 29.9 Å². The number of carbonyl (C=O) groups excluding carboxylic acids is 4. The average molecular weight is 631 g/mol. The molecule has 12 nitrogen and oxygen atoms in total. The number of hydrogen-bond donors (Lipinski definition) is 0. The van der Waals surface area contributed by atoms with Gasteiger partial charge in [0.2, 0.25) is 0 Å². The Kier molecular flexibility index (Phi) is 15.5. The molecule has 2 rings (SSSR count). The van der Waals surface area contributed by atoms with E-state index in [1.165, 1.54) is 0 Å². The van der Waals surface area contributed by atoms with Crippen LogP contribution in [0.3, 0.4) is 0 Å². The normalized spacial score (nSPS) is 11.2. The van der Waals surface area contributed by atoms with E-state index in [1.54, 1.807) is 62.6 Å². The fourth-order valence-corrected chi connectivity index (χ4v) is 4.39. The van der Waals surface area contributed by atoms with E-state index in [0.717, 1.165) is 11.1 Å². The molecule has 0 amide bonds. The van der Waals surface area contributed by atoms with Crippen LogP contribution in [-0.4, -0.2) is 89.2 Å². The summed E-state index contributed by atoms with van der Waals surface area (Å²) in [5.41, 5.74) is 2.84. The molecule has 248 valence electrons. The van der Waals surface area contributed by atoms with Gasteiger partial charge in [-0.3, -0.25) is 14.4 Å². The molecular formula is C33H46N2O10. The van der Waals surface area contributed by atoms with Crippen LogP contribution in [0, 0.1) is 13.8 Å². The molecule has 45 heavy (non-hydrogen) atoms. The minimum absolute atomic E-state index is 0.0978. The van der Waals surface area contributed by atoms with Gasteiger partial charge in [-0.2, -0.15) is 0 Å². The molecular weight excluding hydrogens is 584 g/mol. The maximum absolute atomic E-state index is 12.7. The first-order chi connectivity index (χ1) is 21.5. The second kappa shape index (κ2) is 19.0. The molecule has 0 aliphatic carbocycles. The first-order valence-electron chi connectivity index (χ1n) is 15.2. The second-order valence-corrected chi connectivity index (χ2v) is 9.97. The molecule has 0 saturated carbocycles. The number of nitrogens with zero attached hydrogens (tertiary/aromatic N) is 2. The first kappa shape index (κ1) is 36.7. The smallest absolute Gasteiger partial charge is 0.328 e. The number of rotatable bonds is 19. The Bertz CT molecular complexity index is 1260. The summed E-state index contributed by atoms with van der Waals surface area (Å²) in [6.45, 7) is 12.8. The van der Waals surface area contributed by atoms with E-state index in [-0.39, 0.29) is 59.3 Å². The molecule has 0 bridgehead atoms. The first-order valence-corrected chi connectivity index (χ1v) is 15.2. The Morgan fingerprint density at radius 3 is 1.51 bits per heavy atom. The highest BCUT2D eigenvalue weighted by Gasteiger charge is 2.28. The summed E-state index contributed by atoms with van der Waals surface area (Å²) in [5.74, 6) is -1.09. The van der Waals surface area contributed by atoms with Crippen LogP contribution in [0.1, 0.15) is 45.7 Å². The summed E-state index contributed by atoms with van der Waals surface area (Å²) in [4.78, 5) is 53.0. The van der Waals surface area contributed by atoms with Crippen LogP contribution in [0.4, 0.5) is 11.4 Å². The summed E-state index contributed by atoms with van der Waals surface area (Å²) in [6.07, 6.45) is 0. The van der Waals surface area contributed by atoms with Gasteiger partial charge in [-0.1, -0.05) is 12.1 Å². The zero-order valence-electron chi connectivity index (χ0n) is 27.4. The van der Waals surface area contributed by atoms with E-state index in [9.17, 15) is 19.2 Å². The highest BCUT2D eigenvalue weighted by molar-refractivity contribution is 5.85. The lowest BCUT2D eigenvalue weighted by Gasteiger charge is -2.30. The van der Waals surface area contributed by atoms with Crippen LogP contribution >= 0.6 is 0 Å². The largest absolute Gasteiger partial charge is 0.488 e. The molecule has 0 N–H and O–H groups in total. The van der Waals surface area contributed by atoms with Crippen LogP contribution in [0.2, 0.25) is 0 Å². The third-order valence-corrected chi connectivity index (χ3v) is 6.43. The van der Waals surface area contributed by atoms with Crippen LogP contribution in [0.25, 0.3) is 0 Å². The van der Waals surface area contributed by atoms with Gasteiger partial charge in [-0.15, -0.1) is 0 Å². The van der Waals surface area contributed by atoms with Gasteiger partial charge in [0.05, 0.1) is 37.8 Å². The van der Waals surface area contributed by atoms with Crippen molar-refractivity contribution in [3.05, 3.63) is 47.5 Å². The predicted molar refractivity (Wildman–Crippen MR) is 169 cm³/mol. The molecule has 0 aliphatic rings. The molecule has 0 radical (unpaired) electrons. The van der Waals surface area contributed by atoms with Gasteiger partial charge < -0.3 is 38.2 Å². The molecule has 0 saturated heterocycles. The van der Waals surface area contributed by atoms with Crippen molar-refractivity contribution in [2.24, 2.45) is 0 Å². The topological polar surface area (TPSA) is 130 Å². The number of benzene rings is 2. The van der Waals surface area contributed by atoms with Crippen LogP contribution in [0.15, 0.2) is 36.4 Å². The summed E-state index contributed by atoms with van der Waals surface area (Å²) >= 11 is 0. The number of anilines is 2. The van der Waals surface area contributed by atoms with E-state index in [0.29, 0.717) is 22.9 Å². The summed E-state index contributed by atoms with van der Waals surface area (Å²) in [5, 5.41) is 0. The average Bonchev–Trinajstić information content (AvgIpc) is 2.98. The van der Waals surface area contributed by atoms with Gasteiger partial charge in [0.1, 0.15) is 50.4 Å². The molecule has 1 atom stereocenters. The Labute approximate surface area is 265 Å². The van der Waals surface area contributed by atoms with Crippen LogP contribution in [-0.2, 0) is 38.1 Å². The minimum Gasteiger partial charge on any atom is -0.488 e. The lowest BCUT2D eigenvalue weighted by molar-refractivity contribution is -0.145. The lowest BCUT2D eigenvalue weighted by Crippen LogP contribution is -2.44. The SMILES string of the molecule is CCOC(=O)CN(CC(=O)OCC)c1ccc(C)cc1OCCOc1cc(C)ccc1N(CC(=O)OCC)C(C)C(=O)OCC. The van der Waals surface area contributed by atoms with Crippen molar-refractivity contribution >= 4 is 35.3 Å². The van der Waals surface area contributed by atoms with Crippen molar-refractivity contribution in [2.45, 2.75) is 54.5 Å². The highest BCUT2D eigenvalue weighted by atomic mass is 16.5. The third kappa shape index (κ3) is 11.8. The zero-order valence-corrected chi connectivity index (χ0v) is 27.4. The van der Waals surface area contributed by atoms with Crippen molar-refractivity contribution in [3.63, 3.8) is 0 Å². The van der Waals surface area contributed by atoms with Crippen LogP contribution in [0.5, 0.6) is 11.5 Å². The fraction of sp³-hybridized carbons (Fsp3) is 0.515. The van der Waals surface area contributed by atoms with E-state index in [4.69, 9.17) is 28.4 Å². The van der Waals surface area contributed by atoms with Crippen LogP contribution < -0.4 is 19.3 Å². The van der Waals surface area contributed by atoms with Crippen molar-refractivity contribution in [1.82, 2.24) is 0 Å². The highest BCUT2D eigenvalue weighted by Crippen LogP contribution is 2.32. The Morgan fingerprint density at radius 2 is 1.04 bits per heavy atom. The van der Waals surface area contributed by atoms with Crippen molar-refractivity contribution in [1.29, 1.82) is 0 Å². The summed E-state index contributed by atoms with van der Waals surface area (Å²) in [7, 11) is 0. The maximum atomic E-state index is 12.7. The Balaban J connectivity index is 2.29. The molecule has 0 aliphatic heterocycles. The third-order valence-electron chi connectivity index (χ3n) is 6.43. The number of aryl methyl sites for hydroxylation is 2. The van der Waals surface area contributed by atoms with E-state index in [1.807, 2.05) is 32.0 Å². The molecule has 12 heteroatoms. The minimum atomic E-state index is -0.796. The van der Waals surface area contributed by atoms with Gasteiger partial charge >= 0.3 is 23.9 Å². The number of ether oxygens (including phenoxy) is 6. The fourth-order valence-electron chi connectivity index (χ4n) is 4.39. The molecule has 0 fully saturated rings. The number of esters is 4. The molecule has 1 unspecified atom stereocenters. The summed E-state index contributed by atoms with van der Waals surface area (Å²) < 4.78 is 32.9. The molecule has 0 spiro atoms. The zero-order chi connectivity index (χ0) is 33.4. The number of hydrogen-bond acceptors (Lipinski definition) is 12. The van der Waals surface area contributed by atoms with Crippen molar-refractivity contribution in [3.8, 4) is 11.5 Å². The molecule has 0 heterocycles. The van der Waals surface area contributed by atoms with Crippen molar-refractivity contribution in [2.75, 3.05) is 69.1 Å². The van der Waals surface area contributed by atoms with Gasteiger partial charge in [0.25, 0.3) is 0 Å². The van der Waals surface area contributed by atoms with Gasteiger partial charge in [0, 0.05) is 0 Å². The van der Waals surface area contributed by atoms with Gasteiger partial charge in [-0.05, 0) is 83.9 Å². The van der Waals surface area contributed by atoms with Gasteiger partial charge in [0.15, 0.2) is 0 Å². The Morgan fingerprint density at radius 1 is 0.622 bits per heavy atom. The van der Waals surface area contributed by atoms with E-state index in [2.05, 4.69) is 0 Å². The quantitative estimate of drug-likeness (QED) is 0.126. The van der Waals surface area contributed by atoms with Crippen molar-refractivity contribution < 1.29 is 47.6 Å².